The number of carbonyl (C=O) groups is 3. The highest BCUT2D eigenvalue weighted by Crippen LogP contribution is 2.36. The second kappa shape index (κ2) is 16.0. The summed E-state index contributed by atoms with van der Waals surface area (Å²) >= 11 is 0. The molecule has 1 aromatic heterocycles. The minimum atomic E-state index is -4.85. The van der Waals surface area contributed by atoms with Gasteiger partial charge in [0.05, 0.1) is 41.2 Å². The summed E-state index contributed by atoms with van der Waals surface area (Å²) in [6.07, 6.45) is -7.58. The Labute approximate surface area is 292 Å². The molecule has 3 aromatic rings. The molecule has 1 saturated heterocycles. The topological polar surface area (TPSA) is 98.3 Å². The standard InChI is InChI=1S/C35H40F6N6O4/c1-5-46(29-10-7-6-9-28(29)43-30(48)22-44(2)3)20-19-45(4)32(50)33(51-25-13-11-24(12-14-25)34(36,37)38)16-8-18-47(23-33)31(49)26-21-42-17-15-27(26)35(39,40)41/h6-7,9-15,17,21H,5,8,16,18-20,22-23H2,1-4H3,(H,43,48). The summed E-state index contributed by atoms with van der Waals surface area (Å²) in [4.78, 5) is 50.3. The van der Waals surface area contributed by atoms with Gasteiger partial charge in [-0.25, -0.2) is 0 Å². The van der Waals surface area contributed by atoms with Gasteiger partial charge in [0.2, 0.25) is 11.5 Å². The lowest BCUT2D eigenvalue weighted by Crippen LogP contribution is -2.62. The zero-order chi connectivity index (χ0) is 37.6. The van der Waals surface area contributed by atoms with Crippen molar-refractivity contribution in [2.24, 2.45) is 0 Å². The smallest absolute Gasteiger partial charge is 0.417 e. The quantitative estimate of drug-likeness (QED) is 0.241. The number of ether oxygens (including phenoxy) is 1. The third kappa shape index (κ3) is 9.68. The van der Waals surface area contributed by atoms with E-state index in [0.717, 1.165) is 41.6 Å². The van der Waals surface area contributed by atoms with Crippen molar-refractivity contribution < 1.29 is 45.5 Å². The first kappa shape index (κ1) is 38.9. The minimum Gasteiger partial charge on any atom is -0.476 e. The van der Waals surface area contributed by atoms with Gasteiger partial charge in [0.25, 0.3) is 11.8 Å². The highest BCUT2D eigenvalue weighted by molar-refractivity contribution is 5.97. The van der Waals surface area contributed by atoms with Crippen LogP contribution in [0.2, 0.25) is 0 Å². The molecule has 1 fully saturated rings. The lowest BCUT2D eigenvalue weighted by molar-refractivity contribution is -0.151. The number of benzene rings is 2. The van der Waals surface area contributed by atoms with E-state index < -0.39 is 53.0 Å². The zero-order valence-electron chi connectivity index (χ0n) is 28.6. The van der Waals surface area contributed by atoms with Crippen LogP contribution in [0.15, 0.2) is 67.0 Å². The fourth-order valence-corrected chi connectivity index (χ4v) is 5.92. The molecule has 0 aliphatic carbocycles. The second-order valence-electron chi connectivity index (χ2n) is 12.5. The van der Waals surface area contributed by atoms with Crippen molar-refractivity contribution in [1.82, 2.24) is 19.7 Å². The van der Waals surface area contributed by atoms with E-state index in [9.17, 15) is 40.7 Å². The van der Waals surface area contributed by atoms with Gasteiger partial charge in [0.15, 0.2) is 0 Å². The Bertz CT molecular complexity index is 1680. The number of amides is 3. The van der Waals surface area contributed by atoms with Crippen molar-refractivity contribution >= 4 is 29.1 Å². The molecule has 2 heterocycles. The summed E-state index contributed by atoms with van der Waals surface area (Å²) < 4.78 is 87.5. The van der Waals surface area contributed by atoms with E-state index >= 15 is 0 Å². The highest BCUT2D eigenvalue weighted by atomic mass is 19.4. The fraction of sp³-hybridized carbons (Fsp3) is 0.429. The average molecular weight is 723 g/mol. The molecular formula is C35H40F6N6O4. The number of rotatable bonds is 12. The molecule has 1 aliphatic heterocycles. The lowest BCUT2D eigenvalue weighted by atomic mass is 9.90. The Balaban J connectivity index is 1.62. The van der Waals surface area contributed by atoms with Crippen molar-refractivity contribution in [3.05, 3.63) is 83.7 Å². The number of aromatic nitrogens is 1. The van der Waals surface area contributed by atoms with Crippen LogP contribution in [0.4, 0.5) is 37.7 Å². The van der Waals surface area contributed by atoms with Crippen LogP contribution in [-0.2, 0) is 21.9 Å². The van der Waals surface area contributed by atoms with Crippen molar-refractivity contribution in [2.75, 3.05) is 70.6 Å². The number of piperidine rings is 1. The van der Waals surface area contributed by atoms with Crippen molar-refractivity contribution in [2.45, 2.75) is 37.7 Å². The summed E-state index contributed by atoms with van der Waals surface area (Å²) in [7, 11) is 5.04. The van der Waals surface area contributed by atoms with E-state index in [1.165, 1.54) is 11.9 Å². The molecule has 10 nitrogen and oxygen atoms in total. The first-order valence-electron chi connectivity index (χ1n) is 16.2. The Morgan fingerprint density at radius 1 is 0.941 bits per heavy atom. The Morgan fingerprint density at radius 3 is 2.25 bits per heavy atom. The number of para-hydroxylation sites is 2. The Kier molecular flexibility index (Phi) is 12.2. The number of nitrogens with zero attached hydrogens (tertiary/aromatic N) is 5. The third-order valence-electron chi connectivity index (χ3n) is 8.40. The maximum atomic E-state index is 14.3. The minimum absolute atomic E-state index is 0.0000792. The molecule has 1 atom stereocenters. The van der Waals surface area contributed by atoms with E-state index in [4.69, 9.17) is 4.74 Å². The number of hydrogen-bond donors (Lipinski definition) is 1. The summed E-state index contributed by atoms with van der Waals surface area (Å²) in [5.41, 5.74) is -3.41. The van der Waals surface area contributed by atoms with Crippen LogP contribution in [0.1, 0.15) is 41.3 Å². The predicted molar refractivity (Wildman–Crippen MR) is 178 cm³/mol. The number of nitrogens with one attached hydrogen (secondary N) is 1. The summed E-state index contributed by atoms with van der Waals surface area (Å²) in [5, 5.41) is 2.90. The van der Waals surface area contributed by atoms with Crippen molar-refractivity contribution in [3.63, 3.8) is 0 Å². The van der Waals surface area contributed by atoms with Gasteiger partial charge >= 0.3 is 12.4 Å². The van der Waals surface area contributed by atoms with Crippen LogP contribution in [-0.4, -0.2) is 103 Å². The summed E-state index contributed by atoms with van der Waals surface area (Å²) in [6.45, 7) is 2.47. The molecule has 51 heavy (non-hydrogen) atoms. The van der Waals surface area contributed by atoms with Crippen LogP contribution in [0.5, 0.6) is 5.75 Å². The molecule has 1 N–H and O–H groups in total. The first-order valence-corrected chi connectivity index (χ1v) is 16.2. The Morgan fingerprint density at radius 2 is 1.63 bits per heavy atom. The first-order chi connectivity index (χ1) is 23.9. The molecule has 0 radical (unpaired) electrons. The molecule has 0 saturated carbocycles. The van der Waals surface area contributed by atoms with Crippen LogP contribution in [0, 0.1) is 0 Å². The van der Waals surface area contributed by atoms with Gasteiger partial charge in [0.1, 0.15) is 5.75 Å². The molecule has 0 bridgehead atoms. The number of carbonyl (C=O) groups excluding carboxylic acids is 3. The number of pyridine rings is 1. The normalized spacial score (nSPS) is 16.5. The van der Waals surface area contributed by atoms with E-state index in [1.807, 2.05) is 17.9 Å². The van der Waals surface area contributed by atoms with Crippen LogP contribution in [0.3, 0.4) is 0 Å². The molecule has 16 heteroatoms. The number of anilines is 2. The maximum Gasteiger partial charge on any atom is 0.417 e. The van der Waals surface area contributed by atoms with E-state index in [-0.39, 0.29) is 50.7 Å². The zero-order valence-corrected chi connectivity index (χ0v) is 28.6. The molecule has 2 aromatic carbocycles. The van der Waals surface area contributed by atoms with Crippen molar-refractivity contribution in [1.29, 1.82) is 0 Å². The molecule has 3 amide bonds. The van der Waals surface area contributed by atoms with Gasteiger partial charge in [-0.15, -0.1) is 0 Å². The number of hydrogen-bond acceptors (Lipinski definition) is 7. The molecule has 1 unspecified atom stereocenters. The predicted octanol–water partition coefficient (Wildman–Crippen LogP) is 5.66. The average Bonchev–Trinajstić information content (AvgIpc) is 3.07. The SMILES string of the molecule is CCN(CCN(C)C(=O)C1(Oc2ccc(C(F)(F)F)cc2)CCCN(C(=O)c2cnccc2C(F)(F)F)C1)c1ccccc1NC(=O)CN(C)C. The van der Waals surface area contributed by atoms with Gasteiger partial charge in [-0.3, -0.25) is 19.4 Å². The molecule has 0 spiro atoms. The van der Waals surface area contributed by atoms with E-state index in [1.54, 1.807) is 37.2 Å². The summed E-state index contributed by atoms with van der Waals surface area (Å²) in [6, 6.07) is 11.6. The molecule has 276 valence electrons. The van der Waals surface area contributed by atoms with Crippen LogP contribution >= 0.6 is 0 Å². The maximum absolute atomic E-state index is 14.3. The largest absolute Gasteiger partial charge is 0.476 e. The van der Waals surface area contributed by atoms with Gasteiger partial charge in [-0.1, -0.05) is 12.1 Å². The number of alkyl halides is 6. The summed E-state index contributed by atoms with van der Waals surface area (Å²) in [5.74, 6) is -1.95. The lowest BCUT2D eigenvalue weighted by Gasteiger charge is -2.43. The molecule has 4 rings (SSSR count). The molecular weight excluding hydrogens is 682 g/mol. The van der Waals surface area contributed by atoms with Crippen LogP contribution < -0.4 is 15.0 Å². The van der Waals surface area contributed by atoms with Gasteiger partial charge in [0, 0.05) is 45.6 Å². The van der Waals surface area contributed by atoms with E-state index in [0.29, 0.717) is 24.0 Å². The van der Waals surface area contributed by atoms with E-state index in [2.05, 4.69) is 10.3 Å². The second-order valence-corrected chi connectivity index (χ2v) is 12.5. The number of halogens is 6. The van der Waals surface area contributed by atoms with Gasteiger partial charge in [-0.05, 0) is 76.3 Å². The number of likely N-dealkylation sites (tertiary alicyclic amines) is 1. The Hall–Kier alpha value is -4.86. The van der Waals surface area contributed by atoms with Crippen LogP contribution in [0.25, 0.3) is 0 Å². The highest BCUT2D eigenvalue weighted by Gasteiger charge is 2.48. The monoisotopic (exact) mass is 722 g/mol. The third-order valence-corrected chi connectivity index (χ3v) is 8.40. The van der Waals surface area contributed by atoms with Gasteiger partial charge < -0.3 is 29.7 Å². The van der Waals surface area contributed by atoms with Gasteiger partial charge in [-0.2, -0.15) is 26.3 Å². The fourth-order valence-electron chi connectivity index (χ4n) is 5.92. The molecule has 1 aliphatic rings. The number of likely N-dealkylation sites (N-methyl/N-ethyl adjacent to an activating group) is 3. The van der Waals surface area contributed by atoms with Crippen molar-refractivity contribution in [3.8, 4) is 5.75 Å².